The Hall–Kier alpha value is -1.65. The van der Waals surface area contributed by atoms with Crippen LogP contribution in [0.4, 0.5) is 11.5 Å². The molecule has 0 spiro atoms. The highest BCUT2D eigenvalue weighted by Crippen LogP contribution is 2.21. The molecule has 0 saturated carbocycles. The number of aryl methyl sites for hydroxylation is 1. The average Bonchev–Trinajstić information content (AvgIpc) is 2.18. The van der Waals surface area contributed by atoms with E-state index >= 15 is 0 Å². The minimum atomic E-state index is -0.416. The first-order valence-corrected chi connectivity index (χ1v) is 5.01. The molecule has 0 radical (unpaired) electrons. The van der Waals surface area contributed by atoms with Crippen molar-refractivity contribution in [3.8, 4) is 0 Å². The maximum Gasteiger partial charge on any atom is 0.311 e. The maximum atomic E-state index is 10.7. The summed E-state index contributed by atoms with van der Waals surface area (Å²) >= 11 is 0. The summed E-state index contributed by atoms with van der Waals surface area (Å²) in [6.07, 6.45) is 2.03. The zero-order valence-corrected chi connectivity index (χ0v) is 8.99. The van der Waals surface area contributed by atoms with Gasteiger partial charge in [-0.15, -0.1) is 0 Å². The lowest BCUT2D eigenvalue weighted by Crippen LogP contribution is -2.06. The Kier molecular flexibility index (Phi) is 4.03. The fraction of sp³-hybridized carbons (Fsp3) is 0.500. The van der Waals surface area contributed by atoms with E-state index in [-0.39, 0.29) is 5.69 Å². The zero-order chi connectivity index (χ0) is 11.3. The summed E-state index contributed by atoms with van der Waals surface area (Å²) in [6.45, 7) is 4.60. The number of nitrogens with zero attached hydrogens (tertiary/aromatic N) is 2. The van der Waals surface area contributed by atoms with Gasteiger partial charge in [0, 0.05) is 18.3 Å². The van der Waals surface area contributed by atoms with Crippen molar-refractivity contribution in [2.24, 2.45) is 0 Å². The first kappa shape index (κ1) is 11.4. The van der Waals surface area contributed by atoms with E-state index in [0.717, 1.165) is 18.5 Å². The Balaban J connectivity index is 2.82. The van der Waals surface area contributed by atoms with Gasteiger partial charge in [0.2, 0.25) is 5.82 Å². The van der Waals surface area contributed by atoms with Crippen molar-refractivity contribution in [1.29, 1.82) is 0 Å². The van der Waals surface area contributed by atoms with E-state index < -0.39 is 4.92 Å². The predicted molar refractivity (Wildman–Crippen MR) is 59.0 cm³/mol. The van der Waals surface area contributed by atoms with Crippen LogP contribution >= 0.6 is 0 Å². The molecule has 0 aliphatic carbocycles. The highest BCUT2D eigenvalue weighted by molar-refractivity contribution is 5.55. The third-order valence-electron chi connectivity index (χ3n) is 2.03. The van der Waals surface area contributed by atoms with Crippen LogP contribution in [-0.4, -0.2) is 16.5 Å². The van der Waals surface area contributed by atoms with Crippen molar-refractivity contribution in [3.63, 3.8) is 0 Å². The number of anilines is 1. The number of aromatic nitrogens is 1. The Bertz CT molecular complexity index is 353. The molecule has 0 aliphatic rings. The number of hydrogen-bond acceptors (Lipinski definition) is 4. The number of hydrogen-bond donors (Lipinski definition) is 1. The normalized spacial score (nSPS) is 10.0. The van der Waals surface area contributed by atoms with Crippen LogP contribution in [0.5, 0.6) is 0 Å². The minimum Gasteiger partial charge on any atom is -0.364 e. The van der Waals surface area contributed by atoms with Gasteiger partial charge in [-0.1, -0.05) is 13.3 Å². The Morgan fingerprint density at radius 1 is 1.53 bits per heavy atom. The summed E-state index contributed by atoms with van der Waals surface area (Å²) in [6, 6.07) is 3.12. The van der Waals surface area contributed by atoms with Crippen LogP contribution in [-0.2, 0) is 0 Å². The van der Waals surface area contributed by atoms with Gasteiger partial charge in [0.25, 0.3) is 0 Å². The Morgan fingerprint density at radius 3 is 2.87 bits per heavy atom. The third kappa shape index (κ3) is 3.19. The van der Waals surface area contributed by atoms with E-state index in [4.69, 9.17) is 0 Å². The molecule has 1 rings (SSSR count). The number of nitrogens with one attached hydrogen (secondary N) is 1. The van der Waals surface area contributed by atoms with E-state index in [2.05, 4.69) is 17.2 Å². The SMILES string of the molecule is CCCCNc1nc(C)ccc1[N+](=O)[O-]. The van der Waals surface area contributed by atoms with Crippen molar-refractivity contribution in [2.75, 3.05) is 11.9 Å². The molecule has 0 bridgehead atoms. The second kappa shape index (κ2) is 5.29. The van der Waals surface area contributed by atoms with E-state index in [1.807, 2.05) is 6.92 Å². The maximum absolute atomic E-state index is 10.7. The molecule has 1 aromatic heterocycles. The first-order valence-electron chi connectivity index (χ1n) is 5.01. The second-order valence-corrected chi connectivity index (χ2v) is 3.36. The van der Waals surface area contributed by atoms with E-state index in [9.17, 15) is 10.1 Å². The fourth-order valence-corrected chi connectivity index (χ4v) is 1.21. The molecule has 5 nitrogen and oxygen atoms in total. The molecule has 0 fully saturated rings. The molecule has 1 aromatic rings. The van der Waals surface area contributed by atoms with Gasteiger partial charge in [0.1, 0.15) is 0 Å². The molecule has 15 heavy (non-hydrogen) atoms. The van der Waals surface area contributed by atoms with Gasteiger partial charge in [0.15, 0.2) is 0 Å². The summed E-state index contributed by atoms with van der Waals surface area (Å²) in [5.41, 5.74) is 0.816. The lowest BCUT2D eigenvalue weighted by molar-refractivity contribution is -0.384. The van der Waals surface area contributed by atoms with Crippen LogP contribution in [0.3, 0.4) is 0 Å². The van der Waals surface area contributed by atoms with Crippen LogP contribution in [0.2, 0.25) is 0 Å². The number of unbranched alkanes of at least 4 members (excludes halogenated alkanes) is 1. The van der Waals surface area contributed by atoms with Crippen molar-refractivity contribution in [3.05, 3.63) is 27.9 Å². The van der Waals surface area contributed by atoms with Gasteiger partial charge < -0.3 is 5.32 Å². The molecular weight excluding hydrogens is 194 g/mol. The molecule has 0 aromatic carbocycles. The van der Waals surface area contributed by atoms with Crippen molar-refractivity contribution >= 4 is 11.5 Å². The molecule has 1 N–H and O–H groups in total. The lowest BCUT2D eigenvalue weighted by atomic mass is 10.3. The molecule has 0 aliphatic heterocycles. The largest absolute Gasteiger partial charge is 0.364 e. The van der Waals surface area contributed by atoms with Gasteiger partial charge >= 0.3 is 5.69 Å². The highest BCUT2D eigenvalue weighted by atomic mass is 16.6. The number of rotatable bonds is 5. The average molecular weight is 209 g/mol. The van der Waals surface area contributed by atoms with Crippen LogP contribution in [0.25, 0.3) is 0 Å². The molecule has 0 atom stereocenters. The van der Waals surface area contributed by atoms with Crippen LogP contribution in [0, 0.1) is 17.0 Å². The van der Waals surface area contributed by atoms with Gasteiger partial charge in [-0.2, -0.15) is 0 Å². The summed E-state index contributed by atoms with van der Waals surface area (Å²) in [4.78, 5) is 14.4. The van der Waals surface area contributed by atoms with Crippen LogP contribution < -0.4 is 5.32 Å². The summed E-state index contributed by atoms with van der Waals surface area (Å²) in [5.74, 6) is 0.369. The van der Waals surface area contributed by atoms with Crippen molar-refractivity contribution in [2.45, 2.75) is 26.7 Å². The molecule has 0 amide bonds. The van der Waals surface area contributed by atoms with Gasteiger partial charge in [0.05, 0.1) is 4.92 Å². The Morgan fingerprint density at radius 2 is 2.27 bits per heavy atom. The smallest absolute Gasteiger partial charge is 0.311 e. The zero-order valence-electron chi connectivity index (χ0n) is 8.99. The topological polar surface area (TPSA) is 68.1 Å². The number of nitro groups is 1. The van der Waals surface area contributed by atoms with E-state index in [0.29, 0.717) is 12.4 Å². The second-order valence-electron chi connectivity index (χ2n) is 3.36. The van der Waals surface area contributed by atoms with E-state index in [1.165, 1.54) is 6.07 Å². The molecule has 5 heteroatoms. The molecule has 0 unspecified atom stereocenters. The quantitative estimate of drug-likeness (QED) is 0.459. The van der Waals surface area contributed by atoms with Crippen LogP contribution in [0.15, 0.2) is 12.1 Å². The van der Waals surface area contributed by atoms with E-state index in [1.54, 1.807) is 6.07 Å². The first-order chi connectivity index (χ1) is 7.15. The molecule has 0 saturated heterocycles. The van der Waals surface area contributed by atoms with Crippen molar-refractivity contribution in [1.82, 2.24) is 4.98 Å². The van der Waals surface area contributed by atoms with Crippen LogP contribution in [0.1, 0.15) is 25.5 Å². The van der Waals surface area contributed by atoms with Gasteiger partial charge in [-0.3, -0.25) is 10.1 Å². The Labute approximate surface area is 88.7 Å². The molecule has 1 heterocycles. The fourth-order valence-electron chi connectivity index (χ4n) is 1.21. The minimum absolute atomic E-state index is 0.0386. The highest BCUT2D eigenvalue weighted by Gasteiger charge is 2.14. The number of pyridine rings is 1. The monoisotopic (exact) mass is 209 g/mol. The lowest BCUT2D eigenvalue weighted by Gasteiger charge is -2.05. The van der Waals surface area contributed by atoms with Gasteiger partial charge in [-0.05, 0) is 19.4 Å². The standard InChI is InChI=1S/C10H15N3O2/c1-3-4-7-11-10-9(13(14)15)6-5-8(2)12-10/h5-6H,3-4,7H2,1-2H3,(H,11,12). The molecular formula is C10H15N3O2. The van der Waals surface area contributed by atoms with Gasteiger partial charge in [-0.25, -0.2) is 4.98 Å². The van der Waals surface area contributed by atoms with Crippen molar-refractivity contribution < 1.29 is 4.92 Å². The summed E-state index contributed by atoms with van der Waals surface area (Å²) < 4.78 is 0. The molecule has 82 valence electrons. The predicted octanol–water partition coefficient (Wildman–Crippen LogP) is 2.51. The summed E-state index contributed by atoms with van der Waals surface area (Å²) in [5, 5.41) is 13.7. The summed E-state index contributed by atoms with van der Waals surface area (Å²) in [7, 11) is 0. The third-order valence-corrected chi connectivity index (χ3v) is 2.03.